The van der Waals surface area contributed by atoms with E-state index in [0.717, 1.165) is 54.0 Å². The van der Waals surface area contributed by atoms with Gasteiger partial charge in [-0.3, -0.25) is 4.57 Å². The highest BCUT2D eigenvalue weighted by atomic mass is 79.9. The predicted molar refractivity (Wildman–Crippen MR) is 132 cm³/mol. The van der Waals surface area contributed by atoms with Gasteiger partial charge < -0.3 is 4.42 Å². The molecule has 3 nitrogen and oxygen atoms in total. The normalized spacial score (nSPS) is 12.5. The molecule has 31 heavy (non-hydrogen) atoms. The van der Waals surface area contributed by atoms with Crippen LogP contribution >= 0.6 is 15.9 Å². The number of furan rings is 1. The third-order valence-electron chi connectivity index (χ3n) is 6.08. The van der Waals surface area contributed by atoms with Gasteiger partial charge in [-0.15, -0.1) is 0 Å². The van der Waals surface area contributed by atoms with Gasteiger partial charge in [-0.25, -0.2) is 4.98 Å². The Morgan fingerprint density at radius 3 is 2.48 bits per heavy atom. The van der Waals surface area contributed by atoms with Gasteiger partial charge in [-0.2, -0.15) is 0 Å². The second-order valence-corrected chi connectivity index (χ2v) is 10.00. The standard InChI is InChI=1S/C27H21BrN2O/c1-27(2,3)16-12-13-29-24(14-16)30-21-11-10-19-18-6-4-5-7-23(18)31-26(19)25(21)20-9-8-17(28)15-22(20)30/h4-15H,1-3H3. The fraction of sp³-hybridized carbons (Fsp3) is 0.148. The fourth-order valence-corrected chi connectivity index (χ4v) is 4.86. The molecule has 4 heteroatoms. The van der Waals surface area contributed by atoms with Crippen molar-refractivity contribution in [3.05, 3.63) is 83.0 Å². The average Bonchev–Trinajstić information content (AvgIpc) is 3.28. The van der Waals surface area contributed by atoms with Crippen LogP contribution in [-0.2, 0) is 5.41 Å². The second-order valence-electron chi connectivity index (χ2n) is 9.08. The van der Waals surface area contributed by atoms with Crippen molar-refractivity contribution in [3.63, 3.8) is 0 Å². The topological polar surface area (TPSA) is 31.0 Å². The van der Waals surface area contributed by atoms with Crippen LogP contribution in [0, 0.1) is 0 Å². The maximum Gasteiger partial charge on any atom is 0.145 e. The van der Waals surface area contributed by atoms with Gasteiger partial charge in [0.1, 0.15) is 17.0 Å². The molecule has 0 radical (unpaired) electrons. The lowest BCUT2D eigenvalue weighted by Gasteiger charge is -2.20. The van der Waals surface area contributed by atoms with Crippen LogP contribution in [0.15, 0.2) is 81.8 Å². The van der Waals surface area contributed by atoms with E-state index >= 15 is 0 Å². The second kappa shape index (κ2) is 6.44. The van der Waals surface area contributed by atoms with Gasteiger partial charge >= 0.3 is 0 Å². The zero-order chi connectivity index (χ0) is 21.3. The highest BCUT2D eigenvalue weighted by molar-refractivity contribution is 9.10. The van der Waals surface area contributed by atoms with Crippen molar-refractivity contribution in [2.45, 2.75) is 26.2 Å². The van der Waals surface area contributed by atoms with Crippen molar-refractivity contribution in [3.8, 4) is 5.82 Å². The highest BCUT2D eigenvalue weighted by Gasteiger charge is 2.21. The Morgan fingerprint density at radius 2 is 1.65 bits per heavy atom. The van der Waals surface area contributed by atoms with Gasteiger partial charge in [-0.05, 0) is 53.4 Å². The smallest absolute Gasteiger partial charge is 0.145 e. The van der Waals surface area contributed by atoms with E-state index in [2.05, 4.69) is 95.9 Å². The van der Waals surface area contributed by atoms with Crippen LogP contribution in [0.25, 0.3) is 49.6 Å². The number of rotatable bonds is 1. The first-order valence-corrected chi connectivity index (χ1v) is 11.2. The van der Waals surface area contributed by atoms with Crippen LogP contribution in [0.2, 0.25) is 0 Å². The lowest BCUT2D eigenvalue weighted by atomic mass is 9.88. The van der Waals surface area contributed by atoms with E-state index in [9.17, 15) is 0 Å². The molecule has 0 amide bonds. The molecule has 0 bridgehead atoms. The van der Waals surface area contributed by atoms with Crippen molar-refractivity contribution in [2.75, 3.05) is 0 Å². The lowest BCUT2D eigenvalue weighted by molar-refractivity contribution is 0.588. The summed E-state index contributed by atoms with van der Waals surface area (Å²) in [5, 5.41) is 4.57. The summed E-state index contributed by atoms with van der Waals surface area (Å²) >= 11 is 3.66. The monoisotopic (exact) mass is 468 g/mol. The fourth-order valence-electron chi connectivity index (χ4n) is 4.51. The summed E-state index contributed by atoms with van der Waals surface area (Å²) < 4.78 is 9.67. The zero-order valence-electron chi connectivity index (χ0n) is 17.6. The number of halogens is 1. The number of hydrogen-bond acceptors (Lipinski definition) is 2. The van der Waals surface area contributed by atoms with Crippen LogP contribution in [0.1, 0.15) is 26.3 Å². The van der Waals surface area contributed by atoms with Crippen LogP contribution in [0.3, 0.4) is 0 Å². The van der Waals surface area contributed by atoms with Gasteiger partial charge in [0.05, 0.1) is 16.4 Å². The Morgan fingerprint density at radius 1 is 0.839 bits per heavy atom. The maximum atomic E-state index is 6.39. The lowest BCUT2D eigenvalue weighted by Crippen LogP contribution is -2.12. The van der Waals surface area contributed by atoms with Crippen molar-refractivity contribution >= 4 is 59.7 Å². The van der Waals surface area contributed by atoms with Gasteiger partial charge in [-0.1, -0.05) is 61.0 Å². The van der Waals surface area contributed by atoms with E-state index in [1.165, 1.54) is 5.56 Å². The zero-order valence-corrected chi connectivity index (χ0v) is 19.2. The Hall–Kier alpha value is -3.11. The van der Waals surface area contributed by atoms with Crippen molar-refractivity contribution in [1.29, 1.82) is 0 Å². The molecule has 0 fully saturated rings. The van der Waals surface area contributed by atoms with Gasteiger partial charge in [0.2, 0.25) is 0 Å². The summed E-state index contributed by atoms with van der Waals surface area (Å²) in [6, 6.07) is 23.3. The van der Waals surface area contributed by atoms with Crippen LogP contribution in [0.4, 0.5) is 0 Å². The molecule has 0 aliphatic rings. The van der Waals surface area contributed by atoms with E-state index in [1.807, 2.05) is 18.3 Å². The summed E-state index contributed by atoms with van der Waals surface area (Å²) in [4.78, 5) is 4.77. The molecular weight excluding hydrogens is 448 g/mol. The maximum absolute atomic E-state index is 6.39. The Bertz CT molecular complexity index is 1630. The molecule has 0 atom stereocenters. The first-order valence-electron chi connectivity index (χ1n) is 10.4. The highest BCUT2D eigenvalue weighted by Crippen LogP contribution is 2.41. The van der Waals surface area contributed by atoms with E-state index < -0.39 is 0 Å². The average molecular weight is 469 g/mol. The molecule has 3 aromatic carbocycles. The summed E-state index contributed by atoms with van der Waals surface area (Å²) in [5.74, 6) is 0.918. The molecular formula is C27H21BrN2O. The molecule has 0 unspecified atom stereocenters. The van der Waals surface area contributed by atoms with Gasteiger partial charge in [0.25, 0.3) is 0 Å². The number of hydrogen-bond donors (Lipinski definition) is 0. The molecule has 152 valence electrons. The minimum atomic E-state index is 0.0447. The minimum absolute atomic E-state index is 0.0447. The Labute approximate surface area is 188 Å². The number of nitrogens with zero attached hydrogens (tertiary/aromatic N) is 2. The van der Waals surface area contributed by atoms with Crippen LogP contribution in [0.5, 0.6) is 0 Å². The van der Waals surface area contributed by atoms with Gasteiger partial charge in [0, 0.05) is 26.8 Å². The molecule has 0 saturated carbocycles. The number of para-hydroxylation sites is 1. The van der Waals surface area contributed by atoms with Crippen molar-refractivity contribution < 1.29 is 4.42 Å². The molecule has 0 aliphatic carbocycles. The SMILES string of the molecule is CC(C)(C)c1ccnc(-n2c3cc(Br)ccc3c3c4oc5ccccc5c4ccc32)c1. The molecule has 6 aromatic rings. The molecule has 0 saturated heterocycles. The largest absolute Gasteiger partial charge is 0.455 e. The predicted octanol–water partition coefficient (Wildman–Crippen LogP) is 8.14. The van der Waals surface area contributed by atoms with Crippen LogP contribution < -0.4 is 0 Å². The summed E-state index contributed by atoms with van der Waals surface area (Å²) in [7, 11) is 0. The molecule has 3 heterocycles. The summed E-state index contributed by atoms with van der Waals surface area (Å²) in [6.07, 6.45) is 1.91. The van der Waals surface area contributed by atoms with Crippen LogP contribution in [-0.4, -0.2) is 9.55 Å². The Kier molecular flexibility index (Phi) is 3.87. The number of benzene rings is 3. The van der Waals surface area contributed by atoms with E-state index in [4.69, 9.17) is 9.40 Å². The number of pyridine rings is 1. The first kappa shape index (κ1) is 18.6. The quantitative estimate of drug-likeness (QED) is 0.243. The molecule has 0 aliphatic heterocycles. The summed E-state index contributed by atoms with van der Waals surface area (Å²) in [6.45, 7) is 6.69. The number of aromatic nitrogens is 2. The summed E-state index contributed by atoms with van der Waals surface area (Å²) in [5.41, 5.74) is 5.34. The van der Waals surface area contributed by atoms with E-state index in [-0.39, 0.29) is 5.41 Å². The van der Waals surface area contributed by atoms with Gasteiger partial charge in [0.15, 0.2) is 0 Å². The number of fused-ring (bicyclic) bond motifs is 7. The molecule has 0 N–H and O–H groups in total. The van der Waals surface area contributed by atoms with E-state index in [1.54, 1.807) is 0 Å². The molecule has 6 rings (SSSR count). The third kappa shape index (κ3) is 2.75. The minimum Gasteiger partial charge on any atom is -0.455 e. The molecule has 0 spiro atoms. The Balaban J connectivity index is 1.79. The van der Waals surface area contributed by atoms with Crippen molar-refractivity contribution in [2.24, 2.45) is 0 Å². The van der Waals surface area contributed by atoms with E-state index in [0.29, 0.717) is 0 Å². The first-order chi connectivity index (χ1) is 14.9. The van der Waals surface area contributed by atoms with Crippen molar-refractivity contribution in [1.82, 2.24) is 9.55 Å². The third-order valence-corrected chi connectivity index (χ3v) is 6.57. The molecule has 3 aromatic heterocycles.